The average molecular weight is 401 g/mol. The molecule has 1 fully saturated rings. The smallest absolute Gasteiger partial charge is 0.321 e. The quantitative estimate of drug-likeness (QED) is 0.814. The molecule has 3 amide bonds. The van der Waals surface area contributed by atoms with Crippen LogP contribution < -0.4 is 10.6 Å². The van der Waals surface area contributed by atoms with Gasteiger partial charge in [-0.2, -0.15) is 0 Å². The Morgan fingerprint density at radius 2 is 1.79 bits per heavy atom. The second-order valence-corrected chi connectivity index (χ2v) is 7.32. The van der Waals surface area contributed by atoms with Crippen molar-refractivity contribution in [3.8, 4) is 0 Å². The molecule has 0 aliphatic carbocycles. The van der Waals surface area contributed by atoms with E-state index in [0.717, 1.165) is 26.1 Å². The first-order chi connectivity index (χ1) is 13.5. The lowest BCUT2D eigenvalue weighted by atomic mass is 10.2. The number of urea groups is 1. The first-order valence-electron chi connectivity index (χ1n) is 9.40. The van der Waals surface area contributed by atoms with E-state index < -0.39 is 0 Å². The number of amides is 3. The van der Waals surface area contributed by atoms with Crippen molar-refractivity contribution >= 4 is 34.9 Å². The molecule has 0 radical (unpaired) electrons. The van der Waals surface area contributed by atoms with E-state index in [0.29, 0.717) is 29.5 Å². The lowest BCUT2D eigenvalue weighted by Gasteiger charge is -2.22. The monoisotopic (exact) mass is 400 g/mol. The Balaban J connectivity index is 1.55. The highest BCUT2D eigenvalue weighted by Gasteiger charge is 2.20. The van der Waals surface area contributed by atoms with Crippen LogP contribution in [0.15, 0.2) is 48.5 Å². The van der Waals surface area contributed by atoms with Gasteiger partial charge >= 0.3 is 6.03 Å². The van der Waals surface area contributed by atoms with Gasteiger partial charge in [-0.05, 0) is 30.2 Å². The highest BCUT2D eigenvalue weighted by atomic mass is 35.5. The fourth-order valence-corrected chi connectivity index (χ4v) is 3.49. The predicted octanol–water partition coefficient (Wildman–Crippen LogP) is 4.04. The van der Waals surface area contributed by atoms with Gasteiger partial charge < -0.3 is 15.5 Å². The Kier molecular flexibility index (Phi) is 6.90. The molecule has 1 aliphatic rings. The Bertz CT molecular complexity index is 828. The molecular formula is C21H25ClN4O2. The van der Waals surface area contributed by atoms with E-state index in [-0.39, 0.29) is 11.9 Å². The molecule has 7 heteroatoms. The third-order valence-corrected chi connectivity index (χ3v) is 4.97. The van der Waals surface area contributed by atoms with Crippen LogP contribution in [0.1, 0.15) is 18.9 Å². The molecule has 0 aromatic heterocycles. The fourth-order valence-electron chi connectivity index (χ4n) is 3.27. The standard InChI is InChI=1S/C21H25ClN4O2/c1-16(27)23-18-8-9-20(19(22)14-18)24-21(28)26-11-5-10-25(12-13-26)15-17-6-3-2-4-7-17/h2-4,6-9,14H,5,10-13,15H2,1H3,(H,23,27)(H,24,28). The van der Waals surface area contributed by atoms with E-state index >= 15 is 0 Å². The maximum Gasteiger partial charge on any atom is 0.321 e. The number of nitrogens with one attached hydrogen (secondary N) is 2. The summed E-state index contributed by atoms with van der Waals surface area (Å²) in [6.07, 6.45) is 0.926. The lowest BCUT2D eigenvalue weighted by Crippen LogP contribution is -2.38. The second-order valence-electron chi connectivity index (χ2n) is 6.91. The minimum atomic E-state index is -0.169. The normalized spacial score (nSPS) is 15.0. The molecule has 0 spiro atoms. The number of rotatable bonds is 4. The number of carbonyl (C=O) groups is 2. The molecule has 0 unspecified atom stereocenters. The topological polar surface area (TPSA) is 64.7 Å². The van der Waals surface area contributed by atoms with E-state index in [9.17, 15) is 9.59 Å². The second kappa shape index (κ2) is 9.57. The maximum absolute atomic E-state index is 12.7. The van der Waals surface area contributed by atoms with Crippen LogP contribution >= 0.6 is 11.6 Å². The van der Waals surface area contributed by atoms with Gasteiger partial charge in [0.1, 0.15) is 0 Å². The summed E-state index contributed by atoms with van der Waals surface area (Å²) in [5.41, 5.74) is 2.42. The molecule has 148 valence electrons. The van der Waals surface area contributed by atoms with Gasteiger partial charge in [-0.25, -0.2) is 4.79 Å². The molecule has 3 rings (SSSR count). The first kappa shape index (κ1) is 20.2. The van der Waals surface area contributed by atoms with Crippen molar-refractivity contribution < 1.29 is 9.59 Å². The summed E-state index contributed by atoms with van der Waals surface area (Å²) in [4.78, 5) is 28.0. The molecular weight excluding hydrogens is 376 g/mol. The number of anilines is 2. The molecule has 1 aliphatic heterocycles. The number of benzene rings is 2. The van der Waals surface area contributed by atoms with E-state index in [1.54, 1.807) is 18.2 Å². The third kappa shape index (κ3) is 5.71. The highest BCUT2D eigenvalue weighted by Crippen LogP contribution is 2.26. The van der Waals surface area contributed by atoms with Gasteiger partial charge in [-0.1, -0.05) is 41.9 Å². The molecule has 0 bridgehead atoms. The van der Waals surface area contributed by atoms with Gasteiger partial charge in [0, 0.05) is 45.3 Å². The van der Waals surface area contributed by atoms with E-state index in [2.05, 4.69) is 27.7 Å². The van der Waals surface area contributed by atoms with Gasteiger partial charge in [0.2, 0.25) is 5.91 Å². The summed E-state index contributed by atoms with van der Waals surface area (Å²) in [6.45, 7) is 5.50. The molecule has 28 heavy (non-hydrogen) atoms. The van der Waals surface area contributed by atoms with Crippen molar-refractivity contribution in [1.82, 2.24) is 9.80 Å². The van der Waals surface area contributed by atoms with Gasteiger partial charge in [0.25, 0.3) is 0 Å². The molecule has 6 nitrogen and oxygen atoms in total. The number of carbonyl (C=O) groups excluding carboxylic acids is 2. The van der Waals surface area contributed by atoms with Crippen LogP contribution in [0.25, 0.3) is 0 Å². The predicted molar refractivity (Wildman–Crippen MR) is 113 cm³/mol. The van der Waals surface area contributed by atoms with E-state index in [1.165, 1.54) is 12.5 Å². The number of hydrogen-bond donors (Lipinski definition) is 2. The molecule has 0 atom stereocenters. The van der Waals surface area contributed by atoms with Crippen molar-refractivity contribution in [3.05, 3.63) is 59.1 Å². The van der Waals surface area contributed by atoms with Crippen LogP contribution in [0.4, 0.5) is 16.2 Å². The van der Waals surface area contributed by atoms with E-state index in [4.69, 9.17) is 11.6 Å². The van der Waals surface area contributed by atoms with E-state index in [1.807, 2.05) is 23.1 Å². The van der Waals surface area contributed by atoms with Gasteiger partial charge in [-0.3, -0.25) is 9.69 Å². The molecule has 0 saturated carbocycles. The number of hydrogen-bond acceptors (Lipinski definition) is 3. The Morgan fingerprint density at radius 1 is 1.00 bits per heavy atom. The summed E-state index contributed by atoms with van der Waals surface area (Å²) >= 11 is 6.25. The third-order valence-electron chi connectivity index (χ3n) is 4.66. The zero-order chi connectivity index (χ0) is 19.9. The molecule has 1 saturated heterocycles. The number of nitrogens with zero attached hydrogens (tertiary/aromatic N) is 2. The zero-order valence-electron chi connectivity index (χ0n) is 16.0. The van der Waals surface area contributed by atoms with Crippen molar-refractivity contribution in [2.24, 2.45) is 0 Å². The van der Waals surface area contributed by atoms with Gasteiger partial charge in [-0.15, -0.1) is 0 Å². The maximum atomic E-state index is 12.7. The van der Waals surface area contributed by atoms with Crippen molar-refractivity contribution in [2.45, 2.75) is 19.9 Å². The van der Waals surface area contributed by atoms with Crippen molar-refractivity contribution in [3.63, 3.8) is 0 Å². The Morgan fingerprint density at radius 3 is 2.50 bits per heavy atom. The summed E-state index contributed by atoms with van der Waals surface area (Å²) in [5, 5.41) is 5.94. The fraction of sp³-hybridized carbons (Fsp3) is 0.333. The lowest BCUT2D eigenvalue weighted by molar-refractivity contribution is -0.114. The van der Waals surface area contributed by atoms with Crippen molar-refractivity contribution in [2.75, 3.05) is 36.8 Å². The van der Waals surface area contributed by atoms with Crippen LogP contribution in [0.2, 0.25) is 5.02 Å². The summed E-state index contributed by atoms with van der Waals surface area (Å²) < 4.78 is 0. The largest absolute Gasteiger partial charge is 0.326 e. The van der Waals surface area contributed by atoms with Crippen LogP contribution in [0.3, 0.4) is 0 Å². The Hall–Kier alpha value is -2.57. The average Bonchev–Trinajstić information content (AvgIpc) is 2.90. The minimum absolute atomic E-state index is 0.157. The summed E-state index contributed by atoms with van der Waals surface area (Å²) in [6, 6.07) is 15.3. The number of halogens is 1. The summed E-state index contributed by atoms with van der Waals surface area (Å²) in [5.74, 6) is -0.169. The SMILES string of the molecule is CC(=O)Nc1ccc(NC(=O)N2CCCN(Cc3ccccc3)CC2)c(Cl)c1. The molecule has 2 N–H and O–H groups in total. The van der Waals surface area contributed by atoms with Crippen LogP contribution in [0, 0.1) is 0 Å². The molecule has 1 heterocycles. The van der Waals surface area contributed by atoms with Gasteiger partial charge in [0.05, 0.1) is 10.7 Å². The minimum Gasteiger partial charge on any atom is -0.326 e. The first-order valence-corrected chi connectivity index (χ1v) is 9.78. The summed E-state index contributed by atoms with van der Waals surface area (Å²) in [7, 11) is 0. The Labute approximate surface area is 170 Å². The zero-order valence-corrected chi connectivity index (χ0v) is 16.7. The highest BCUT2D eigenvalue weighted by molar-refractivity contribution is 6.34. The van der Waals surface area contributed by atoms with Crippen LogP contribution in [-0.2, 0) is 11.3 Å². The van der Waals surface area contributed by atoms with Crippen LogP contribution in [-0.4, -0.2) is 47.9 Å². The molecule has 2 aromatic carbocycles. The van der Waals surface area contributed by atoms with Crippen molar-refractivity contribution in [1.29, 1.82) is 0 Å². The van der Waals surface area contributed by atoms with Crippen LogP contribution in [0.5, 0.6) is 0 Å². The van der Waals surface area contributed by atoms with Gasteiger partial charge in [0.15, 0.2) is 0 Å². The molecule has 2 aromatic rings.